The molecular weight excluding hydrogens is 886 g/mol. The standard InChI is InChI=1S/2C11H15N.C10H12BrN.C6H5Br.C4H9N.CH3.2ClH.4FH.Li/c2*1-10-4-6-11(7-5-10)12-8-2-3-9-12;11-9-3-5-10(6-4-9)12-7-1-2-8-12;7-6-4-2-1-3-5-6;1-2-4-5-3-1;;;;;;;;/h2*4-7H,2-3,8-9H2,1H3;3-6H,1-2,7-8H2;1-5H;5H,1-4H2;1H3;6*1H;/q;;;;;-1;;;;;;;+1. The molecular formula is C43H65Br2Cl2F4LiN4. The zero-order chi connectivity index (χ0) is 33.8. The second kappa shape index (κ2) is 37.5. The van der Waals surface area contributed by atoms with Gasteiger partial charge in [-0.1, -0.05) is 85.5 Å². The van der Waals surface area contributed by atoms with Crippen molar-refractivity contribution >= 4 is 61.3 Å². The van der Waals surface area contributed by atoms with Crippen LogP contribution in [0.15, 0.2) is 112 Å². The fourth-order valence-electron chi connectivity index (χ4n) is 6.28. The third-order valence-electron chi connectivity index (χ3n) is 9.16. The predicted octanol–water partition coefficient (Wildman–Crippen LogP) is 5.26. The Morgan fingerprint density at radius 1 is 0.500 bits per heavy atom. The summed E-state index contributed by atoms with van der Waals surface area (Å²) in [5.74, 6) is 0. The molecule has 0 unspecified atom stereocenters. The van der Waals surface area contributed by atoms with Crippen LogP contribution in [0.25, 0.3) is 0 Å². The Morgan fingerprint density at radius 2 is 0.857 bits per heavy atom. The van der Waals surface area contributed by atoms with Crippen LogP contribution in [0.3, 0.4) is 0 Å². The van der Waals surface area contributed by atoms with E-state index in [-0.39, 0.29) is 69.9 Å². The quantitative estimate of drug-likeness (QED) is 0.167. The summed E-state index contributed by atoms with van der Waals surface area (Å²) in [6.07, 6.45) is 11.0. The molecule has 314 valence electrons. The van der Waals surface area contributed by atoms with Crippen LogP contribution >= 0.6 is 44.3 Å². The molecule has 4 aliphatic rings. The third kappa shape index (κ3) is 24.9. The molecule has 0 aliphatic carbocycles. The number of halogens is 8. The van der Waals surface area contributed by atoms with Crippen LogP contribution in [0, 0.1) is 21.3 Å². The van der Waals surface area contributed by atoms with Crippen molar-refractivity contribution in [2.45, 2.75) is 65.2 Å². The molecule has 0 radical (unpaired) electrons. The van der Waals surface area contributed by atoms with E-state index in [4.69, 9.17) is 0 Å². The number of hydrogen-bond donors (Lipinski definition) is 2. The van der Waals surface area contributed by atoms with Crippen molar-refractivity contribution in [1.29, 1.82) is 0 Å². The first kappa shape index (κ1) is 63.4. The van der Waals surface area contributed by atoms with Gasteiger partial charge >= 0.3 is 18.9 Å². The summed E-state index contributed by atoms with van der Waals surface area (Å²) in [6, 6.07) is 36.3. The topological polar surface area (TPSA) is 22.9 Å². The van der Waals surface area contributed by atoms with Gasteiger partial charge in [0.05, 0.1) is 13.1 Å². The molecule has 4 fully saturated rings. The van der Waals surface area contributed by atoms with Crippen molar-refractivity contribution in [3.8, 4) is 0 Å². The van der Waals surface area contributed by atoms with Gasteiger partial charge in [0.2, 0.25) is 0 Å². The number of rotatable bonds is 3. The molecule has 4 heterocycles. The van der Waals surface area contributed by atoms with Gasteiger partial charge in [-0.25, -0.2) is 0 Å². The Balaban J connectivity index is -0.000000192. The van der Waals surface area contributed by atoms with E-state index in [1.54, 1.807) is 4.90 Å². The maximum absolute atomic E-state index is 3.44. The molecule has 0 bridgehead atoms. The molecule has 0 amide bonds. The number of anilines is 2. The minimum atomic E-state index is 0. The minimum absolute atomic E-state index is 0. The smallest absolute Gasteiger partial charge is 1.00 e. The number of benzene rings is 4. The molecule has 0 atom stereocenters. The van der Waals surface area contributed by atoms with Crippen molar-refractivity contribution in [1.82, 2.24) is 5.32 Å². The van der Waals surface area contributed by atoms with Gasteiger partial charge in [0, 0.05) is 59.3 Å². The van der Waals surface area contributed by atoms with Crippen LogP contribution in [-0.4, -0.2) is 52.4 Å². The van der Waals surface area contributed by atoms with E-state index in [9.17, 15) is 0 Å². The van der Waals surface area contributed by atoms with Crippen molar-refractivity contribution < 1.29 is 55.0 Å². The van der Waals surface area contributed by atoms with Crippen molar-refractivity contribution in [3.05, 3.63) is 131 Å². The van der Waals surface area contributed by atoms with E-state index in [0.29, 0.717) is 0 Å². The number of nitrogens with one attached hydrogen (secondary N) is 2. The molecule has 56 heavy (non-hydrogen) atoms. The van der Waals surface area contributed by atoms with E-state index in [1.165, 1.54) is 132 Å². The fraction of sp³-hybridized carbons (Fsp3) is 0.419. The summed E-state index contributed by atoms with van der Waals surface area (Å²) in [7, 11) is 0. The normalized spacial score (nSPS) is 14.4. The molecule has 4 nitrogen and oxygen atoms in total. The number of quaternary nitrogens is 1. The van der Waals surface area contributed by atoms with Gasteiger partial charge in [-0.2, -0.15) is 0 Å². The van der Waals surface area contributed by atoms with Gasteiger partial charge in [-0.15, -0.1) is 12.4 Å². The summed E-state index contributed by atoms with van der Waals surface area (Å²) in [4.78, 5) is 6.56. The minimum Gasteiger partial charge on any atom is -1.00 e. The first-order chi connectivity index (χ1) is 23.5. The van der Waals surface area contributed by atoms with Crippen LogP contribution < -0.4 is 51.3 Å². The van der Waals surface area contributed by atoms with Crippen molar-refractivity contribution in [2.24, 2.45) is 0 Å². The van der Waals surface area contributed by atoms with E-state index in [1.807, 2.05) is 30.3 Å². The average Bonchev–Trinajstić information content (AvgIpc) is 3.97. The third-order valence-corrected chi connectivity index (χ3v) is 10.2. The Morgan fingerprint density at radius 3 is 1.20 bits per heavy atom. The molecule has 4 aromatic rings. The summed E-state index contributed by atoms with van der Waals surface area (Å²) in [5.41, 5.74) is 6.92. The molecule has 2 N–H and O–H groups in total. The molecule has 4 saturated heterocycles. The van der Waals surface area contributed by atoms with Gasteiger partial charge in [-0.3, -0.25) is 18.8 Å². The van der Waals surface area contributed by atoms with Crippen LogP contribution in [0.1, 0.15) is 62.5 Å². The molecule has 4 aliphatic heterocycles. The van der Waals surface area contributed by atoms with Crippen LogP contribution in [-0.2, 0) is 0 Å². The van der Waals surface area contributed by atoms with Crippen molar-refractivity contribution in [2.75, 3.05) is 62.2 Å². The Labute approximate surface area is 377 Å². The molecule has 0 saturated carbocycles. The summed E-state index contributed by atoms with van der Waals surface area (Å²) in [6.45, 7) is 14.3. The van der Waals surface area contributed by atoms with Gasteiger partial charge in [0.15, 0.2) is 0 Å². The molecule has 4 aromatic carbocycles. The molecule has 0 spiro atoms. The van der Waals surface area contributed by atoms with Crippen LogP contribution in [0.2, 0.25) is 0 Å². The molecule has 13 heteroatoms. The second-order valence-electron chi connectivity index (χ2n) is 13.1. The van der Waals surface area contributed by atoms with E-state index < -0.39 is 0 Å². The number of hydrogen-bond acceptors (Lipinski definition) is 3. The largest absolute Gasteiger partial charge is 1.00 e. The maximum atomic E-state index is 3.44. The average molecular weight is 952 g/mol. The van der Waals surface area contributed by atoms with Gasteiger partial charge in [0.25, 0.3) is 0 Å². The Bertz CT molecular complexity index is 1270. The first-order valence-corrected chi connectivity index (χ1v) is 19.7. The number of aryl methyl sites for hydroxylation is 2. The van der Waals surface area contributed by atoms with Crippen molar-refractivity contribution in [3.63, 3.8) is 0 Å². The zero-order valence-corrected chi connectivity index (χ0v) is 38.4. The predicted molar refractivity (Wildman–Crippen MR) is 239 cm³/mol. The van der Waals surface area contributed by atoms with Crippen LogP contribution in [0.5, 0.6) is 0 Å². The zero-order valence-electron chi connectivity index (χ0n) is 33.7. The number of nitrogens with zero attached hydrogens (tertiary/aromatic N) is 2. The van der Waals surface area contributed by atoms with Crippen LogP contribution in [0.4, 0.5) is 35.9 Å². The Hall–Kier alpha value is -1.74. The van der Waals surface area contributed by atoms with Gasteiger partial charge in [0.1, 0.15) is 5.69 Å². The summed E-state index contributed by atoms with van der Waals surface area (Å²) >= 11 is 6.75. The Kier molecular flexibility index (Phi) is 42.5. The SMILES string of the molecule is Brc1ccc(N2CCCC2)cc1.Brc1ccccc1.C1CCNC1.Cc1ccc(N2CCCC2)cc1.Cc1ccc([NH+]2CCCC2)cc1.Cl.F.F.F.F.[CH3-].[Cl-].[Li+]. The summed E-state index contributed by atoms with van der Waals surface area (Å²) < 4.78 is 2.29. The second-order valence-corrected chi connectivity index (χ2v) is 15.0. The van der Waals surface area contributed by atoms with Gasteiger partial charge < -0.3 is 39.9 Å². The summed E-state index contributed by atoms with van der Waals surface area (Å²) in [5, 5.41) is 3.22. The van der Waals surface area contributed by atoms with E-state index in [2.05, 4.69) is 134 Å². The molecule has 0 aromatic heterocycles. The fourth-order valence-corrected chi connectivity index (χ4v) is 6.85. The molecule has 8 rings (SSSR count). The van der Waals surface area contributed by atoms with Gasteiger partial charge in [-0.05, 0) is 126 Å². The first-order valence-electron chi connectivity index (χ1n) is 18.1. The maximum Gasteiger partial charge on any atom is 1.00 e. The monoisotopic (exact) mass is 948 g/mol. The van der Waals surface area contributed by atoms with E-state index in [0.717, 1.165) is 8.95 Å². The van der Waals surface area contributed by atoms with E-state index >= 15 is 0 Å².